The van der Waals surface area contributed by atoms with Gasteiger partial charge in [0, 0.05) is 29.7 Å². The van der Waals surface area contributed by atoms with Crippen LogP contribution in [0.4, 0.5) is 0 Å². The fourth-order valence-corrected chi connectivity index (χ4v) is 6.97. The van der Waals surface area contributed by atoms with Crippen LogP contribution in [0.1, 0.15) is 62.3 Å². The van der Waals surface area contributed by atoms with Crippen LogP contribution < -0.4 is 11.5 Å². The number of halogens is 4. The number of primary amides is 1. The molecule has 1 aliphatic rings. The number of carbonyl (C=O) groups excluding carboxylic acids is 2. The number of ether oxygens (including phenoxy) is 1. The first-order valence-electron chi connectivity index (χ1n) is 14.6. The van der Waals surface area contributed by atoms with Crippen LogP contribution in [0.15, 0.2) is 66.7 Å². The second-order valence-corrected chi connectivity index (χ2v) is 14.6. The third-order valence-corrected chi connectivity index (χ3v) is 10.7. The van der Waals surface area contributed by atoms with E-state index in [1.807, 2.05) is 65.6 Å². The maximum atomic E-state index is 10.6. The summed E-state index contributed by atoms with van der Waals surface area (Å²) in [5.41, 5.74) is 15.3. The number of nitrogens with two attached hydrogens (primary N) is 2. The molecule has 6 nitrogen and oxygen atoms in total. The van der Waals surface area contributed by atoms with Crippen LogP contribution >= 0.6 is 55.8 Å². The summed E-state index contributed by atoms with van der Waals surface area (Å²) in [5, 5.41) is 1.65. The second kappa shape index (κ2) is 25.3. The first-order valence-corrected chi connectivity index (χ1v) is 19.4. The fraction of sp³-hybridized carbons (Fsp3) is 0.412. The number of aryl methyl sites for hydroxylation is 3. The summed E-state index contributed by atoms with van der Waals surface area (Å²) in [6.45, 7) is 8.31. The fourth-order valence-electron chi connectivity index (χ4n) is 3.85. The largest absolute Gasteiger partial charge is 0.370 e. The van der Waals surface area contributed by atoms with E-state index in [0.717, 1.165) is 53.6 Å². The molecule has 0 aliphatic carbocycles. The van der Waals surface area contributed by atoms with Crippen molar-refractivity contribution >= 4 is 67.7 Å². The normalized spacial score (nSPS) is 11.7. The number of benzene rings is 3. The topological polar surface area (TPSA) is 105 Å². The summed E-state index contributed by atoms with van der Waals surface area (Å²) < 4.78 is 11.3. The number of hydrogen-bond acceptors (Lipinski definition) is 5. The van der Waals surface area contributed by atoms with Gasteiger partial charge in [-0.3, -0.25) is 4.79 Å². The van der Waals surface area contributed by atoms with E-state index in [1.54, 1.807) is 0 Å². The average molecular weight is 782 g/mol. The Bertz CT molecular complexity index is 1220. The van der Waals surface area contributed by atoms with E-state index < -0.39 is 20.2 Å². The van der Waals surface area contributed by atoms with Crippen LogP contribution in [-0.2, 0) is 43.1 Å². The summed E-state index contributed by atoms with van der Waals surface area (Å²) in [7, 11) is 0. The molecule has 0 saturated carbocycles. The van der Waals surface area contributed by atoms with Crippen molar-refractivity contribution in [2.45, 2.75) is 65.7 Å². The van der Waals surface area contributed by atoms with Gasteiger partial charge in [-0.2, -0.15) is 0 Å². The molecule has 0 atom stereocenters. The van der Waals surface area contributed by atoms with Crippen LogP contribution in [0.5, 0.6) is 0 Å². The molecule has 246 valence electrons. The molecule has 0 aromatic heterocycles. The minimum atomic E-state index is -1.64. The zero-order valence-corrected chi connectivity index (χ0v) is 30.7. The van der Waals surface area contributed by atoms with Gasteiger partial charge < -0.3 is 16.2 Å². The van der Waals surface area contributed by atoms with Gasteiger partial charge in [0.05, 0.1) is 0 Å². The quantitative estimate of drug-likeness (QED) is 0.168. The molecule has 0 unspecified atom stereocenters. The monoisotopic (exact) mass is 780 g/mol. The Kier molecular flexibility index (Phi) is 24.2. The molecule has 0 radical (unpaired) electrons. The van der Waals surface area contributed by atoms with Gasteiger partial charge in [0.2, 0.25) is 5.91 Å². The smallest absolute Gasteiger partial charge is 0.217 e. The summed E-state index contributed by atoms with van der Waals surface area (Å²) in [6.07, 6.45) is 6.47. The van der Waals surface area contributed by atoms with Gasteiger partial charge in [0.1, 0.15) is 0 Å². The van der Waals surface area contributed by atoms with Crippen LogP contribution in [-0.4, -0.2) is 36.6 Å². The second-order valence-electron chi connectivity index (χ2n) is 9.67. The molecular weight excluding hydrogens is 734 g/mol. The third kappa shape index (κ3) is 18.8. The Labute approximate surface area is 287 Å². The molecule has 1 saturated heterocycles. The van der Waals surface area contributed by atoms with Crippen molar-refractivity contribution in [2.24, 2.45) is 11.5 Å². The molecule has 1 heterocycles. The molecule has 4 rings (SSSR count). The Morgan fingerprint density at radius 1 is 0.864 bits per heavy atom. The predicted molar refractivity (Wildman–Crippen MR) is 196 cm³/mol. The molecule has 1 fully saturated rings. The Hall–Kier alpha value is -1.88. The van der Waals surface area contributed by atoms with Gasteiger partial charge in [-0.1, -0.05) is 61.3 Å². The molecule has 4 N–H and O–H groups in total. The van der Waals surface area contributed by atoms with Gasteiger partial charge in [-0.25, -0.2) is 0 Å². The minimum absolute atomic E-state index is 0. The number of hydrogen-bond donors (Lipinski definition) is 2. The van der Waals surface area contributed by atoms with Gasteiger partial charge >= 0.3 is 79.8 Å². The minimum Gasteiger partial charge on any atom is -0.370 e. The molecule has 44 heavy (non-hydrogen) atoms. The maximum Gasteiger partial charge on any atom is 0.217 e. The molecular formula is C34H48Cl3IN2O4. The molecule has 0 bridgehead atoms. The molecule has 1 amide bonds. The number of alkyl halides is 1. The van der Waals surface area contributed by atoms with E-state index in [9.17, 15) is 9.59 Å². The van der Waals surface area contributed by atoms with E-state index in [0.29, 0.717) is 19.4 Å². The maximum absolute atomic E-state index is 10.6. The van der Waals surface area contributed by atoms with Crippen LogP contribution in [0.2, 0.25) is 10.0 Å². The molecule has 1 aliphatic heterocycles. The van der Waals surface area contributed by atoms with E-state index in [-0.39, 0.29) is 24.3 Å². The Morgan fingerprint density at radius 2 is 1.36 bits per heavy atom. The Morgan fingerprint density at radius 3 is 1.75 bits per heavy atom. The van der Waals surface area contributed by atoms with Crippen molar-refractivity contribution in [3.63, 3.8) is 0 Å². The molecule has 3 aromatic carbocycles. The molecule has 10 heteroatoms. The van der Waals surface area contributed by atoms with E-state index in [1.165, 1.54) is 34.5 Å². The molecule has 0 spiro atoms. The first kappa shape index (κ1) is 42.1. The number of rotatable bonds is 9. The average Bonchev–Trinajstić information content (AvgIpc) is 3.59. The zero-order chi connectivity index (χ0) is 32.0. The zero-order valence-electron chi connectivity index (χ0n) is 26.3. The van der Waals surface area contributed by atoms with Crippen molar-refractivity contribution in [1.29, 1.82) is 0 Å². The SMILES string of the molecule is C1CCOC1.CC(=O)OI(C)c1ccccc1.CCc1cc(CCC(N)=O)ccc1Cl.CCc1cc(CCN)ccc1Cl.Cl. The van der Waals surface area contributed by atoms with E-state index >= 15 is 0 Å². The third-order valence-electron chi connectivity index (χ3n) is 6.17. The predicted octanol–water partition coefficient (Wildman–Crippen LogP) is 8.41. The summed E-state index contributed by atoms with van der Waals surface area (Å²) >= 11 is 10.3. The van der Waals surface area contributed by atoms with Crippen LogP contribution in [0.25, 0.3) is 0 Å². The van der Waals surface area contributed by atoms with Crippen molar-refractivity contribution in [2.75, 3.05) is 24.7 Å². The number of carbonyl (C=O) groups is 2. The van der Waals surface area contributed by atoms with Crippen molar-refractivity contribution < 1.29 is 17.4 Å². The van der Waals surface area contributed by atoms with E-state index in [2.05, 4.69) is 19.9 Å². The van der Waals surface area contributed by atoms with Crippen molar-refractivity contribution in [3.05, 3.63) is 103 Å². The standard InChI is InChI=1S/C11H14ClNO.C10H14ClN.C9H11IO2.C4H8O.ClH/c1-2-9-7-8(3-5-10(9)12)4-6-11(13)14;1-2-9-7-8(5-6-12)3-4-10(9)11;1-8(11)12-10(2)9-6-4-3-5-7-9;1-2-4-5-3-1;/h3,5,7H,2,4,6H2,1H3,(H2,13,14);3-4,7H,2,5-6,12H2,1H3;3-7H,1-2H3;1-4H2;1H. The Balaban J connectivity index is 0.000000578. The van der Waals surface area contributed by atoms with Crippen molar-refractivity contribution in [1.82, 2.24) is 0 Å². The summed E-state index contributed by atoms with van der Waals surface area (Å²) in [5.74, 6) is -0.440. The van der Waals surface area contributed by atoms with Gasteiger partial charge in [-0.05, 0) is 79.5 Å². The number of amides is 1. The van der Waals surface area contributed by atoms with Crippen LogP contribution in [0, 0.1) is 3.57 Å². The van der Waals surface area contributed by atoms with Gasteiger partial charge in [-0.15, -0.1) is 12.4 Å². The van der Waals surface area contributed by atoms with E-state index in [4.69, 9.17) is 42.5 Å². The molecule has 3 aromatic rings. The first-order chi connectivity index (χ1) is 20.6. The van der Waals surface area contributed by atoms with Gasteiger partial charge in [0.25, 0.3) is 0 Å². The summed E-state index contributed by atoms with van der Waals surface area (Å²) in [6, 6.07) is 21.9. The van der Waals surface area contributed by atoms with Crippen LogP contribution in [0.3, 0.4) is 0 Å². The van der Waals surface area contributed by atoms with Crippen molar-refractivity contribution in [3.8, 4) is 0 Å². The summed E-state index contributed by atoms with van der Waals surface area (Å²) in [4.78, 5) is 23.2. The van der Waals surface area contributed by atoms with Gasteiger partial charge in [0.15, 0.2) is 0 Å².